The first-order valence-electron chi connectivity index (χ1n) is 7.90. The molecule has 3 rings (SSSR count). The van der Waals surface area contributed by atoms with Crippen molar-refractivity contribution in [3.05, 3.63) is 58.4 Å². The van der Waals surface area contributed by atoms with E-state index in [4.69, 9.17) is 12.2 Å². The Labute approximate surface area is 151 Å². The second-order valence-corrected chi connectivity index (χ2v) is 6.57. The second kappa shape index (κ2) is 6.29. The molecular weight excluding hydrogens is 334 g/mol. The van der Waals surface area contributed by atoms with E-state index in [1.807, 2.05) is 62.7 Å². The molecule has 0 aliphatic carbocycles. The summed E-state index contributed by atoms with van der Waals surface area (Å²) in [7, 11) is 1.95. The molecule has 25 heavy (non-hydrogen) atoms. The normalized spacial score (nSPS) is 16.6. The molecule has 0 unspecified atom stereocenters. The van der Waals surface area contributed by atoms with Gasteiger partial charge in [0, 0.05) is 18.4 Å². The summed E-state index contributed by atoms with van der Waals surface area (Å²) in [6.07, 6.45) is 1.63. The monoisotopic (exact) mass is 353 g/mol. The molecule has 1 saturated heterocycles. The number of hydrogen-bond donors (Lipinski definition) is 1. The number of thiocarbonyl (C=S) groups is 1. The van der Waals surface area contributed by atoms with Crippen molar-refractivity contribution in [2.45, 2.75) is 20.8 Å². The third-order valence-corrected chi connectivity index (χ3v) is 4.79. The SMILES string of the molecule is Cc1ccc(N2C(=O)/C(=C/c3cc(C)n(C)c3C)C(=O)NC2=S)cc1. The van der Waals surface area contributed by atoms with Gasteiger partial charge in [0.05, 0.1) is 5.69 Å². The number of nitrogens with one attached hydrogen (secondary N) is 1. The van der Waals surface area contributed by atoms with E-state index in [9.17, 15) is 9.59 Å². The minimum absolute atomic E-state index is 0.0721. The maximum Gasteiger partial charge on any atom is 0.270 e. The van der Waals surface area contributed by atoms with Gasteiger partial charge in [-0.2, -0.15) is 0 Å². The largest absolute Gasteiger partial charge is 0.352 e. The first-order valence-corrected chi connectivity index (χ1v) is 8.31. The van der Waals surface area contributed by atoms with Gasteiger partial charge in [-0.05, 0) is 62.8 Å². The average molecular weight is 353 g/mol. The summed E-state index contributed by atoms with van der Waals surface area (Å²) in [4.78, 5) is 26.6. The van der Waals surface area contributed by atoms with Crippen LogP contribution in [0.1, 0.15) is 22.5 Å². The molecule has 1 aliphatic heterocycles. The van der Waals surface area contributed by atoms with Crippen molar-refractivity contribution in [1.29, 1.82) is 0 Å². The molecule has 128 valence electrons. The van der Waals surface area contributed by atoms with Crippen LogP contribution in [-0.4, -0.2) is 21.5 Å². The summed E-state index contributed by atoms with van der Waals surface area (Å²) < 4.78 is 2.01. The highest BCUT2D eigenvalue weighted by atomic mass is 32.1. The molecule has 1 N–H and O–H groups in total. The van der Waals surface area contributed by atoms with Crippen molar-refractivity contribution in [1.82, 2.24) is 9.88 Å². The summed E-state index contributed by atoms with van der Waals surface area (Å²) in [5.41, 5.74) is 4.67. The van der Waals surface area contributed by atoms with Crippen molar-refractivity contribution in [2.75, 3.05) is 4.90 Å². The van der Waals surface area contributed by atoms with Gasteiger partial charge in [-0.1, -0.05) is 17.7 Å². The molecule has 6 heteroatoms. The standard InChI is InChI=1S/C19H19N3O2S/c1-11-5-7-15(8-6-11)22-18(24)16(17(23)20-19(22)25)10-14-9-12(2)21(4)13(14)3/h5-10H,1-4H3,(H,20,23,25)/b16-10+. The van der Waals surface area contributed by atoms with Crippen molar-refractivity contribution >= 4 is 40.9 Å². The molecule has 0 saturated carbocycles. The minimum Gasteiger partial charge on any atom is -0.352 e. The first kappa shape index (κ1) is 17.1. The number of aromatic nitrogens is 1. The fourth-order valence-electron chi connectivity index (χ4n) is 2.77. The van der Waals surface area contributed by atoms with Crippen LogP contribution in [0.4, 0.5) is 5.69 Å². The van der Waals surface area contributed by atoms with Crippen molar-refractivity contribution in [2.24, 2.45) is 7.05 Å². The number of hydrogen-bond acceptors (Lipinski definition) is 3. The fraction of sp³-hybridized carbons (Fsp3) is 0.211. The van der Waals surface area contributed by atoms with E-state index in [-0.39, 0.29) is 10.7 Å². The van der Waals surface area contributed by atoms with E-state index in [1.54, 1.807) is 6.08 Å². The summed E-state index contributed by atoms with van der Waals surface area (Å²) in [6, 6.07) is 9.37. The first-order chi connectivity index (χ1) is 11.8. The number of rotatable bonds is 2. The molecule has 0 spiro atoms. The van der Waals surface area contributed by atoms with Crippen LogP contribution in [0, 0.1) is 20.8 Å². The lowest BCUT2D eigenvalue weighted by molar-refractivity contribution is -0.122. The third-order valence-electron chi connectivity index (χ3n) is 4.51. The van der Waals surface area contributed by atoms with Crippen molar-refractivity contribution in [3.63, 3.8) is 0 Å². The predicted octanol–water partition coefficient (Wildman–Crippen LogP) is 2.78. The quantitative estimate of drug-likeness (QED) is 0.513. The number of carbonyl (C=O) groups excluding carboxylic acids is 2. The van der Waals surface area contributed by atoms with Crippen LogP contribution in [0.2, 0.25) is 0 Å². The van der Waals surface area contributed by atoms with E-state index in [0.29, 0.717) is 5.69 Å². The zero-order valence-electron chi connectivity index (χ0n) is 14.6. The molecule has 1 aromatic heterocycles. The average Bonchev–Trinajstić information content (AvgIpc) is 2.80. The highest BCUT2D eigenvalue weighted by molar-refractivity contribution is 7.80. The predicted molar refractivity (Wildman–Crippen MR) is 102 cm³/mol. The van der Waals surface area contributed by atoms with E-state index in [1.165, 1.54) is 4.90 Å². The smallest absolute Gasteiger partial charge is 0.270 e. The molecule has 2 aromatic rings. The topological polar surface area (TPSA) is 54.3 Å². The van der Waals surface area contributed by atoms with Crippen molar-refractivity contribution < 1.29 is 9.59 Å². The Morgan fingerprint density at radius 3 is 2.28 bits per heavy atom. The van der Waals surface area contributed by atoms with Gasteiger partial charge in [0.1, 0.15) is 5.57 Å². The molecular formula is C19H19N3O2S. The number of carbonyl (C=O) groups is 2. The van der Waals surface area contributed by atoms with Crippen LogP contribution in [0.25, 0.3) is 6.08 Å². The van der Waals surface area contributed by atoms with E-state index in [0.717, 1.165) is 22.5 Å². The van der Waals surface area contributed by atoms with Gasteiger partial charge < -0.3 is 4.57 Å². The van der Waals surface area contributed by atoms with Gasteiger partial charge >= 0.3 is 0 Å². The molecule has 0 atom stereocenters. The van der Waals surface area contributed by atoms with Crippen LogP contribution in [0.3, 0.4) is 0 Å². The second-order valence-electron chi connectivity index (χ2n) is 6.18. The highest BCUT2D eigenvalue weighted by Gasteiger charge is 2.34. The summed E-state index contributed by atoms with van der Waals surface area (Å²) in [6.45, 7) is 5.90. The van der Waals surface area contributed by atoms with Crippen molar-refractivity contribution in [3.8, 4) is 0 Å². The lowest BCUT2D eigenvalue weighted by Crippen LogP contribution is -2.54. The van der Waals surface area contributed by atoms with Crippen LogP contribution in [0.15, 0.2) is 35.9 Å². The van der Waals surface area contributed by atoms with Gasteiger partial charge in [-0.3, -0.25) is 19.8 Å². The molecule has 2 amide bonds. The molecule has 1 aromatic carbocycles. The zero-order valence-corrected chi connectivity index (χ0v) is 15.4. The Morgan fingerprint density at radius 2 is 1.72 bits per heavy atom. The van der Waals surface area contributed by atoms with Gasteiger partial charge in [-0.15, -0.1) is 0 Å². The Morgan fingerprint density at radius 1 is 1.08 bits per heavy atom. The minimum atomic E-state index is -0.473. The van der Waals surface area contributed by atoms with Crippen LogP contribution in [0.5, 0.6) is 0 Å². The number of benzene rings is 1. The highest BCUT2D eigenvalue weighted by Crippen LogP contribution is 2.24. The molecule has 0 bridgehead atoms. The summed E-state index contributed by atoms with van der Waals surface area (Å²) in [5.74, 6) is -0.891. The van der Waals surface area contributed by atoms with Crippen LogP contribution < -0.4 is 10.2 Å². The fourth-order valence-corrected chi connectivity index (χ4v) is 3.05. The van der Waals surface area contributed by atoms with E-state index >= 15 is 0 Å². The molecule has 1 fully saturated rings. The van der Waals surface area contributed by atoms with E-state index < -0.39 is 11.8 Å². The lowest BCUT2D eigenvalue weighted by Gasteiger charge is -2.29. The van der Waals surface area contributed by atoms with Crippen LogP contribution in [-0.2, 0) is 16.6 Å². The van der Waals surface area contributed by atoms with Gasteiger partial charge in [0.25, 0.3) is 11.8 Å². The number of nitrogens with zero attached hydrogens (tertiary/aromatic N) is 2. The Bertz CT molecular complexity index is 923. The van der Waals surface area contributed by atoms with Gasteiger partial charge in [0.15, 0.2) is 5.11 Å². The number of anilines is 1. The van der Waals surface area contributed by atoms with Crippen LogP contribution >= 0.6 is 12.2 Å². The number of aryl methyl sites for hydroxylation is 2. The Kier molecular flexibility index (Phi) is 4.30. The molecule has 2 heterocycles. The van der Waals surface area contributed by atoms with E-state index in [2.05, 4.69) is 5.32 Å². The zero-order chi connectivity index (χ0) is 18.3. The molecule has 0 radical (unpaired) electrons. The molecule has 1 aliphatic rings. The number of amides is 2. The Balaban J connectivity index is 2.05. The Hall–Kier alpha value is -2.73. The third kappa shape index (κ3) is 3.00. The van der Waals surface area contributed by atoms with Gasteiger partial charge in [-0.25, -0.2) is 0 Å². The maximum absolute atomic E-state index is 12.9. The maximum atomic E-state index is 12.9. The lowest BCUT2D eigenvalue weighted by atomic mass is 10.1. The summed E-state index contributed by atoms with van der Waals surface area (Å²) in [5, 5.41) is 2.70. The molecule has 5 nitrogen and oxygen atoms in total. The summed E-state index contributed by atoms with van der Waals surface area (Å²) >= 11 is 5.21. The van der Waals surface area contributed by atoms with Gasteiger partial charge in [0.2, 0.25) is 0 Å².